The zero-order valence-electron chi connectivity index (χ0n) is 18.1. The van der Waals surface area contributed by atoms with Crippen molar-refractivity contribution in [2.45, 2.75) is 10.9 Å². The van der Waals surface area contributed by atoms with Gasteiger partial charge in [0.05, 0.1) is 43.5 Å². The molecule has 0 radical (unpaired) electrons. The van der Waals surface area contributed by atoms with Crippen LogP contribution in [0, 0.1) is 0 Å². The van der Waals surface area contributed by atoms with Crippen molar-refractivity contribution in [2.75, 3.05) is 40.5 Å². The van der Waals surface area contributed by atoms with Crippen molar-refractivity contribution < 1.29 is 37.0 Å². The molecule has 3 rings (SSSR count). The van der Waals surface area contributed by atoms with E-state index in [4.69, 9.17) is 4.74 Å². The van der Waals surface area contributed by atoms with Gasteiger partial charge in [-0.15, -0.1) is 0 Å². The van der Waals surface area contributed by atoms with Gasteiger partial charge in [0.1, 0.15) is 6.04 Å². The highest BCUT2D eigenvalue weighted by atomic mass is 32.2. The minimum absolute atomic E-state index is 0.156. The van der Waals surface area contributed by atoms with Crippen molar-refractivity contribution >= 4 is 27.9 Å². The average Bonchev–Trinajstić information content (AvgIpc) is 2.86. The summed E-state index contributed by atoms with van der Waals surface area (Å²) in [7, 11) is -2.10. The number of carbonyl (C=O) groups excluding carboxylic acids is 3. The summed E-state index contributed by atoms with van der Waals surface area (Å²) in [6, 6.07) is 10.5. The molecule has 10 nitrogen and oxygen atoms in total. The minimum Gasteiger partial charge on any atom is -0.465 e. The lowest BCUT2D eigenvalue weighted by atomic mass is 10.1. The van der Waals surface area contributed by atoms with Crippen molar-refractivity contribution in [2.24, 2.45) is 0 Å². The van der Waals surface area contributed by atoms with Gasteiger partial charge in [0.2, 0.25) is 15.9 Å². The molecule has 1 aliphatic heterocycles. The molecule has 1 unspecified atom stereocenters. The highest BCUT2D eigenvalue weighted by molar-refractivity contribution is 7.89. The number of benzene rings is 2. The second kappa shape index (κ2) is 10.6. The first-order valence-corrected chi connectivity index (χ1v) is 11.5. The molecular weight excluding hydrogens is 452 g/mol. The molecule has 0 bridgehead atoms. The third kappa shape index (κ3) is 5.75. The van der Waals surface area contributed by atoms with Crippen LogP contribution in [0.25, 0.3) is 0 Å². The Morgan fingerprint density at radius 2 is 1.48 bits per heavy atom. The van der Waals surface area contributed by atoms with Gasteiger partial charge in [-0.3, -0.25) is 4.79 Å². The van der Waals surface area contributed by atoms with E-state index in [2.05, 4.69) is 14.2 Å². The van der Waals surface area contributed by atoms with Crippen LogP contribution in [0.4, 0.5) is 0 Å². The van der Waals surface area contributed by atoms with Gasteiger partial charge >= 0.3 is 11.9 Å². The van der Waals surface area contributed by atoms with Crippen molar-refractivity contribution in [1.29, 1.82) is 0 Å². The Balaban J connectivity index is 2.02. The number of nitrogens with zero attached hydrogens (tertiary/aromatic N) is 1. The highest BCUT2D eigenvalue weighted by Crippen LogP contribution is 2.23. The third-order valence-corrected chi connectivity index (χ3v) is 6.44. The van der Waals surface area contributed by atoms with Crippen LogP contribution in [0.5, 0.6) is 0 Å². The van der Waals surface area contributed by atoms with Crippen LogP contribution in [0.1, 0.15) is 32.3 Å². The van der Waals surface area contributed by atoms with Gasteiger partial charge in [-0.25, -0.2) is 18.0 Å². The smallest absolute Gasteiger partial charge is 0.337 e. The molecule has 11 heteroatoms. The van der Waals surface area contributed by atoms with E-state index in [1.807, 2.05) is 0 Å². The Hall–Kier alpha value is -3.28. The van der Waals surface area contributed by atoms with Gasteiger partial charge in [-0.05, 0) is 23.8 Å². The summed E-state index contributed by atoms with van der Waals surface area (Å²) in [6.07, 6.45) is 0. The summed E-state index contributed by atoms with van der Waals surface area (Å²) in [6.45, 7) is 1.36. The lowest BCUT2D eigenvalue weighted by Gasteiger charge is -2.31. The van der Waals surface area contributed by atoms with Crippen LogP contribution in [0.15, 0.2) is 53.4 Å². The fourth-order valence-corrected chi connectivity index (χ4v) is 4.57. The van der Waals surface area contributed by atoms with Crippen LogP contribution in [0.2, 0.25) is 0 Å². The van der Waals surface area contributed by atoms with E-state index in [0.717, 1.165) is 26.4 Å². The van der Waals surface area contributed by atoms with Crippen molar-refractivity contribution in [3.8, 4) is 0 Å². The Labute approximate surface area is 191 Å². The average molecular weight is 477 g/mol. The molecule has 0 aromatic heterocycles. The van der Waals surface area contributed by atoms with Gasteiger partial charge in [-0.2, -0.15) is 4.72 Å². The van der Waals surface area contributed by atoms with Crippen LogP contribution < -0.4 is 4.72 Å². The van der Waals surface area contributed by atoms with E-state index in [1.54, 1.807) is 30.3 Å². The molecule has 1 heterocycles. The fraction of sp³-hybridized carbons (Fsp3) is 0.318. The predicted octanol–water partition coefficient (Wildman–Crippen LogP) is 1.14. The van der Waals surface area contributed by atoms with E-state index < -0.39 is 33.9 Å². The summed E-state index contributed by atoms with van der Waals surface area (Å²) in [4.78, 5) is 38.5. The lowest BCUT2D eigenvalue weighted by molar-refractivity contribution is -0.137. The predicted molar refractivity (Wildman–Crippen MR) is 116 cm³/mol. The Morgan fingerprint density at radius 3 is 2.00 bits per heavy atom. The van der Waals surface area contributed by atoms with Gasteiger partial charge in [0, 0.05) is 13.1 Å². The maximum absolute atomic E-state index is 13.3. The van der Waals surface area contributed by atoms with E-state index in [1.165, 1.54) is 11.0 Å². The number of ether oxygens (including phenoxy) is 3. The zero-order chi connectivity index (χ0) is 24.0. The summed E-state index contributed by atoms with van der Waals surface area (Å²) >= 11 is 0. The Kier molecular flexibility index (Phi) is 7.79. The number of esters is 2. The number of morpholine rings is 1. The fourth-order valence-electron chi connectivity index (χ4n) is 3.32. The second-order valence-electron chi connectivity index (χ2n) is 7.13. The highest BCUT2D eigenvalue weighted by Gasteiger charge is 2.32. The lowest BCUT2D eigenvalue weighted by Crippen LogP contribution is -2.47. The van der Waals surface area contributed by atoms with Gasteiger partial charge in [0.15, 0.2) is 0 Å². The first kappa shape index (κ1) is 24.4. The van der Waals surface area contributed by atoms with Crippen LogP contribution in [-0.2, 0) is 29.0 Å². The van der Waals surface area contributed by atoms with Crippen LogP contribution >= 0.6 is 0 Å². The summed E-state index contributed by atoms with van der Waals surface area (Å²) in [5.41, 5.74) is 0.128. The maximum Gasteiger partial charge on any atom is 0.337 e. The molecule has 1 aliphatic rings. The normalized spacial score (nSPS) is 14.9. The van der Waals surface area contributed by atoms with Crippen LogP contribution in [-0.4, -0.2) is 71.7 Å². The second-order valence-corrected chi connectivity index (χ2v) is 8.85. The van der Waals surface area contributed by atoms with E-state index in [0.29, 0.717) is 31.9 Å². The van der Waals surface area contributed by atoms with E-state index >= 15 is 0 Å². The van der Waals surface area contributed by atoms with Gasteiger partial charge in [-0.1, -0.05) is 30.3 Å². The van der Waals surface area contributed by atoms with Crippen molar-refractivity contribution in [3.63, 3.8) is 0 Å². The number of sulfonamides is 1. The molecule has 0 spiro atoms. The molecule has 33 heavy (non-hydrogen) atoms. The molecule has 1 fully saturated rings. The summed E-state index contributed by atoms with van der Waals surface area (Å²) < 4.78 is 43.7. The third-order valence-electron chi connectivity index (χ3n) is 5.03. The largest absolute Gasteiger partial charge is 0.465 e. The van der Waals surface area contributed by atoms with Gasteiger partial charge < -0.3 is 19.1 Å². The SMILES string of the molecule is COC(=O)c1cc(C(=O)OC)cc(S(=O)(=O)NC(C(=O)N2CCOCC2)c2ccccc2)c1. The Morgan fingerprint density at radius 1 is 0.939 bits per heavy atom. The number of rotatable bonds is 7. The number of amides is 1. The summed E-state index contributed by atoms with van der Waals surface area (Å²) in [5.74, 6) is -2.10. The molecule has 2 aromatic carbocycles. The molecule has 1 atom stereocenters. The molecule has 0 saturated carbocycles. The standard InChI is InChI=1S/C22H24N2O8S/c1-30-21(26)16-12-17(22(27)31-2)14-18(13-16)33(28,29)23-19(15-6-4-3-5-7-15)20(25)24-8-10-32-11-9-24/h3-7,12-14,19,23H,8-11H2,1-2H3. The number of methoxy groups -OCH3 is 2. The number of hydrogen-bond acceptors (Lipinski definition) is 8. The minimum atomic E-state index is -4.36. The maximum atomic E-state index is 13.3. The van der Waals surface area contributed by atoms with E-state index in [-0.39, 0.29) is 16.0 Å². The topological polar surface area (TPSA) is 128 Å². The molecular formula is C22H24N2O8S. The molecule has 2 aromatic rings. The molecule has 1 saturated heterocycles. The van der Waals surface area contributed by atoms with E-state index in [9.17, 15) is 22.8 Å². The monoisotopic (exact) mass is 476 g/mol. The molecule has 1 N–H and O–H groups in total. The van der Waals surface area contributed by atoms with Crippen molar-refractivity contribution in [1.82, 2.24) is 9.62 Å². The molecule has 1 amide bonds. The first-order valence-electron chi connectivity index (χ1n) is 10.0. The number of carbonyl (C=O) groups is 3. The summed E-state index contributed by atoms with van der Waals surface area (Å²) in [5, 5.41) is 0. The first-order chi connectivity index (χ1) is 15.8. The molecule has 0 aliphatic carbocycles. The van der Waals surface area contributed by atoms with Crippen LogP contribution in [0.3, 0.4) is 0 Å². The quantitative estimate of drug-likeness (QED) is 0.589. The number of nitrogens with one attached hydrogen (secondary N) is 1. The zero-order valence-corrected chi connectivity index (χ0v) is 19.0. The van der Waals surface area contributed by atoms with Crippen molar-refractivity contribution in [3.05, 3.63) is 65.2 Å². The Bertz CT molecular complexity index is 1090. The van der Waals surface area contributed by atoms with Gasteiger partial charge in [0.25, 0.3) is 0 Å². The number of hydrogen-bond donors (Lipinski definition) is 1. The molecule has 176 valence electrons.